The van der Waals surface area contributed by atoms with E-state index in [1.54, 1.807) is 36.4 Å². The minimum Gasteiger partial charge on any atom is -0.508 e. The average Bonchev–Trinajstić information content (AvgIpc) is 3.52. The second-order valence-electron chi connectivity index (χ2n) is 8.93. The first-order chi connectivity index (χ1) is 17.5. The number of amides is 1. The number of Topliss-reactive ketones (excluding diaryl/α,β-unsaturated/α-hetero) is 1. The minimum absolute atomic E-state index is 0.00142. The van der Waals surface area contributed by atoms with Crippen LogP contribution in [-0.2, 0) is 9.59 Å². The summed E-state index contributed by atoms with van der Waals surface area (Å²) < 4.78 is 5.47. The fourth-order valence-electron chi connectivity index (χ4n) is 4.90. The fraction of sp³-hybridized carbons (Fsp3) is 0.241. The molecule has 0 aliphatic carbocycles. The number of carbonyl (C=O) groups is 2. The van der Waals surface area contributed by atoms with Gasteiger partial charge in [0, 0.05) is 30.0 Å². The molecule has 0 aromatic heterocycles. The Kier molecular flexibility index (Phi) is 6.38. The number of benzene rings is 3. The number of aliphatic hydroxyl groups is 1. The zero-order chi connectivity index (χ0) is 25.2. The van der Waals surface area contributed by atoms with Gasteiger partial charge in [0.1, 0.15) is 17.3 Å². The molecule has 2 heterocycles. The van der Waals surface area contributed by atoms with Gasteiger partial charge in [0.25, 0.3) is 11.7 Å². The van der Waals surface area contributed by atoms with E-state index in [4.69, 9.17) is 4.74 Å². The number of rotatable bonds is 6. The number of nitrogens with zero attached hydrogens (tertiary/aromatic N) is 2. The van der Waals surface area contributed by atoms with Crippen LogP contribution >= 0.6 is 0 Å². The molecule has 2 aliphatic heterocycles. The quantitative estimate of drug-likeness (QED) is 0.290. The first-order valence-electron chi connectivity index (χ1n) is 12.2. The molecule has 2 saturated heterocycles. The lowest BCUT2D eigenvalue weighted by Crippen LogP contribution is -2.29. The number of phenolic OH excluding ortho intramolecular Hbond substituents is 1. The van der Waals surface area contributed by atoms with Gasteiger partial charge in [-0.15, -0.1) is 0 Å². The Morgan fingerprint density at radius 3 is 2.11 bits per heavy atom. The molecule has 2 fully saturated rings. The van der Waals surface area contributed by atoms with E-state index in [2.05, 4.69) is 4.90 Å². The largest absolute Gasteiger partial charge is 0.508 e. The van der Waals surface area contributed by atoms with Crippen molar-refractivity contribution in [3.8, 4) is 11.5 Å². The summed E-state index contributed by atoms with van der Waals surface area (Å²) in [5.74, 6) is -1.02. The van der Waals surface area contributed by atoms with Gasteiger partial charge in [0.05, 0.1) is 18.2 Å². The standard InChI is InChI=1S/C29H28N2O5/c1-2-36-24-15-7-20(8-16-24)27(33)25-26(19-5-13-23(32)14-6-19)31(29(35)28(25)34)22-11-9-21(10-12-22)30-17-3-4-18-30/h5-16,26,32-33H,2-4,17-18H2,1H3/b27-25+. The Labute approximate surface area is 209 Å². The van der Waals surface area contributed by atoms with Crippen molar-refractivity contribution < 1.29 is 24.5 Å². The number of carbonyl (C=O) groups excluding carboxylic acids is 2. The molecule has 2 N–H and O–H groups in total. The molecule has 0 bridgehead atoms. The minimum atomic E-state index is -0.852. The third-order valence-corrected chi connectivity index (χ3v) is 6.69. The molecular weight excluding hydrogens is 456 g/mol. The SMILES string of the molecule is CCOc1ccc(/C(O)=C2\C(=O)C(=O)N(c3ccc(N4CCCC4)cc3)C2c2ccc(O)cc2)cc1. The normalized spacial score (nSPS) is 19.2. The van der Waals surface area contributed by atoms with Gasteiger partial charge in [0.2, 0.25) is 0 Å². The molecule has 1 atom stereocenters. The van der Waals surface area contributed by atoms with Crippen molar-refractivity contribution in [1.82, 2.24) is 0 Å². The van der Waals surface area contributed by atoms with Crippen LogP contribution < -0.4 is 14.5 Å². The molecule has 1 unspecified atom stereocenters. The van der Waals surface area contributed by atoms with Crippen molar-refractivity contribution in [2.75, 3.05) is 29.5 Å². The number of ether oxygens (including phenoxy) is 1. The predicted molar refractivity (Wildman–Crippen MR) is 138 cm³/mol. The molecule has 3 aromatic carbocycles. The highest BCUT2D eigenvalue weighted by Crippen LogP contribution is 2.43. The summed E-state index contributed by atoms with van der Waals surface area (Å²) in [5.41, 5.74) is 2.64. The summed E-state index contributed by atoms with van der Waals surface area (Å²) in [5, 5.41) is 21.1. The third-order valence-electron chi connectivity index (χ3n) is 6.69. The summed E-state index contributed by atoms with van der Waals surface area (Å²) in [6.07, 6.45) is 2.31. The lowest BCUT2D eigenvalue weighted by Gasteiger charge is -2.26. The van der Waals surface area contributed by atoms with Gasteiger partial charge in [0.15, 0.2) is 0 Å². The molecule has 36 heavy (non-hydrogen) atoms. The number of hydrogen-bond donors (Lipinski definition) is 2. The summed E-state index contributed by atoms with van der Waals surface area (Å²) in [6, 6.07) is 19.8. The van der Waals surface area contributed by atoms with E-state index in [9.17, 15) is 19.8 Å². The molecule has 3 aromatic rings. The van der Waals surface area contributed by atoms with Crippen LogP contribution in [0.5, 0.6) is 11.5 Å². The maximum Gasteiger partial charge on any atom is 0.300 e. The first-order valence-corrected chi connectivity index (χ1v) is 12.2. The van der Waals surface area contributed by atoms with Gasteiger partial charge in [-0.25, -0.2) is 0 Å². The smallest absolute Gasteiger partial charge is 0.300 e. The number of hydrogen-bond acceptors (Lipinski definition) is 6. The maximum atomic E-state index is 13.3. The van der Waals surface area contributed by atoms with Gasteiger partial charge in [-0.1, -0.05) is 12.1 Å². The predicted octanol–water partition coefficient (Wildman–Crippen LogP) is 5.02. The second kappa shape index (κ2) is 9.77. The number of phenols is 1. The monoisotopic (exact) mass is 484 g/mol. The Hall–Kier alpha value is -4.26. The number of aromatic hydroxyl groups is 1. The molecule has 7 heteroatoms. The van der Waals surface area contributed by atoms with Gasteiger partial charge in [-0.2, -0.15) is 0 Å². The summed E-state index contributed by atoms with van der Waals surface area (Å²) in [6.45, 7) is 4.39. The van der Waals surface area contributed by atoms with Crippen molar-refractivity contribution in [1.29, 1.82) is 0 Å². The van der Waals surface area contributed by atoms with Crippen molar-refractivity contribution in [3.63, 3.8) is 0 Å². The van der Waals surface area contributed by atoms with Crippen LogP contribution in [0, 0.1) is 0 Å². The fourth-order valence-corrected chi connectivity index (χ4v) is 4.90. The second-order valence-corrected chi connectivity index (χ2v) is 8.93. The summed E-state index contributed by atoms with van der Waals surface area (Å²) in [4.78, 5) is 30.4. The zero-order valence-electron chi connectivity index (χ0n) is 20.1. The highest BCUT2D eigenvalue weighted by Gasteiger charge is 2.47. The molecule has 7 nitrogen and oxygen atoms in total. The van der Waals surface area contributed by atoms with Crippen molar-refractivity contribution in [3.05, 3.63) is 89.5 Å². The van der Waals surface area contributed by atoms with Crippen molar-refractivity contribution in [2.45, 2.75) is 25.8 Å². The van der Waals surface area contributed by atoms with Crippen LogP contribution in [0.1, 0.15) is 36.9 Å². The maximum absolute atomic E-state index is 13.3. The van der Waals surface area contributed by atoms with Crippen LogP contribution in [0.3, 0.4) is 0 Å². The Morgan fingerprint density at radius 2 is 1.50 bits per heavy atom. The highest BCUT2D eigenvalue weighted by molar-refractivity contribution is 6.51. The van der Waals surface area contributed by atoms with Crippen LogP contribution in [0.4, 0.5) is 11.4 Å². The molecular formula is C29H28N2O5. The zero-order valence-corrected chi connectivity index (χ0v) is 20.1. The van der Waals surface area contributed by atoms with Gasteiger partial charge in [-0.3, -0.25) is 14.5 Å². The molecule has 2 aliphatic rings. The number of aliphatic hydroxyl groups excluding tert-OH is 1. The van der Waals surface area contributed by atoms with E-state index >= 15 is 0 Å². The molecule has 1 amide bonds. The van der Waals surface area contributed by atoms with Crippen LogP contribution in [-0.4, -0.2) is 41.6 Å². The van der Waals surface area contributed by atoms with E-state index in [-0.39, 0.29) is 17.1 Å². The van der Waals surface area contributed by atoms with E-state index in [0.717, 1.165) is 31.6 Å². The molecule has 0 spiro atoms. The van der Waals surface area contributed by atoms with E-state index < -0.39 is 17.7 Å². The molecule has 0 saturated carbocycles. The first kappa shape index (κ1) is 23.5. The summed E-state index contributed by atoms with van der Waals surface area (Å²) >= 11 is 0. The van der Waals surface area contributed by atoms with Gasteiger partial charge < -0.3 is 19.8 Å². The lowest BCUT2D eigenvalue weighted by atomic mass is 9.95. The topological polar surface area (TPSA) is 90.3 Å². The molecule has 5 rings (SSSR count). The Morgan fingerprint density at radius 1 is 0.889 bits per heavy atom. The summed E-state index contributed by atoms with van der Waals surface area (Å²) in [7, 11) is 0. The van der Waals surface area contributed by atoms with Crippen LogP contribution in [0.15, 0.2) is 78.4 Å². The van der Waals surface area contributed by atoms with Gasteiger partial charge >= 0.3 is 0 Å². The third kappa shape index (κ3) is 4.28. The van der Waals surface area contributed by atoms with Gasteiger partial charge in [-0.05, 0) is 86.0 Å². The molecule has 184 valence electrons. The highest BCUT2D eigenvalue weighted by atomic mass is 16.5. The van der Waals surface area contributed by atoms with Crippen LogP contribution in [0.2, 0.25) is 0 Å². The van der Waals surface area contributed by atoms with E-state index in [0.29, 0.717) is 29.2 Å². The average molecular weight is 485 g/mol. The van der Waals surface area contributed by atoms with Crippen molar-refractivity contribution in [2.24, 2.45) is 0 Å². The lowest BCUT2D eigenvalue weighted by molar-refractivity contribution is -0.132. The Balaban J connectivity index is 1.59. The number of anilines is 2. The van der Waals surface area contributed by atoms with E-state index in [1.165, 1.54) is 17.0 Å². The Bertz CT molecular complexity index is 1290. The molecule has 0 radical (unpaired) electrons. The van der Waals surface area contributed by atoms with Crippen LogP contribution in [0.25, 0.3) is 5.76 Å². The van der Waals surface area contributed by atoms with E-state index in [1.807, 2.05) is 31.2 Å². The van der Waals surface area contributed by atoms with Crippen molar-refractivity contribution >= 4 is 28.8 Å². The number of ketones is 1.